The lowest BCUT2D eigenvalue weighted by Gasteiger charge is -2.19. The van der Waals surface area contributed by atoms with E-state index >= 15 is 0 Å². The van der Waals surface area contributed by atoms with Crippen LogP contribution in [0.2, 0.25) is 5.02 Å². The molecule has 1 aromatic rings. The van der Waals surface area contributed by atoms with E-state index < -0.39 is 0 Å². The first kappa shape index (κ1) is 12.5. The topological polar surface area (TPSA) is 35.2 Å². The van der Waals surface area contributed by atoms with E-state index in [1.807, 2.05) is 24.3 Å². The highest BCUT2D eigenvalue weighted by Gasteiger charge is 2.12. The van der Waals surface area contributed by atoms with Crippen molar-refractivity contribution in [2.45, 2.75) is 19.4 Å². The minimum absolute atomic E-state index is 0.131. The van der Waals surface area contributed by atoms with Crippen LogP contribution in [0.5, 0.6) is 0 Å². The molecule has 0 saturated heterocycles. The summed E-state index contributed by atoms with van der Waals surface area (Å²) in [5.41, 5.74) is 7.28. The maximum absolute atomic E-state index is 6.06. The summed E-state index contributed by atoms with van der Waals surface area (Å²) in [7, 11) is 1.70. The van der Waals surface area contributed by atoms with Gasteiger partial charge in [0.15, 0.2) is 0 Å². The van der Waals surface area contributed by atoms with E-state index in [-0.39, 0.29) is 6.04 Å². The Hall–Kier alpha value is -0.570. The molecule has 0 aliphatic heterocycles. The van der Waals surface area contributed by atoms with Crippen LogP contribution < -0.4 is 5.73 Å². The van der Waals surface area contributed by atoms with Gasteiger partial charge in [-0.25, -0.2) is 0 Å². The van der Waals surface area contributed by atoms with Crippen molar-refractivity contribution in [3.8, 4) is 0 Å². The van der Waals surface area contributed by atoms with E-state index in [9.17, 15) is 0 Å². The average Bonchev–Trinajstić information content (AvgIpc) is 2.22. The van der Waals surface area contributed by atoms with Crippen LogP contribution in [0.1, 0.15) is 12.5 Å². The second-order valence-corrected chi connectivity index (χ2v) is 4.36. The molecule has 0 aromatic heterocycles. The van der Waals surface area contributed by atoms with Crippen LogP contribution in [-0.4, -0.2) is 19.8 Å². The Morgan fingerprint density at radius 3 is 2.47 bits per heavy atom. The molecule has 84 valence electrons. The lowest BCUT2D eigenvalue weighted by Crippen LogP contribution is -2.33. The smallest absolute Gasteiger partial charge is 0.0502 e. The van der Waals surface area contributed by atoms with Crippen molar-refractivity contribution in [3.05, 3.63) is 34.9 Å². The quantitative estimate of drug-likeness (QED) is 0.839. The molecule has 0 saturated carbocycles. The number of nitrogens with two attached hydrogens (primary N) is 1. The minimum Gasteiger partial charge on any atom is -0.384 e. The first-order chi connectivity index (χ1) is 7.13. The van der Waals surface area contributed by atoms with Gasteiger partial charge in [0.25, 0.3) is 0 Å². The molecule has 0 aliphatic rings. The highest BCUT2D eigenvalue weighted by Crippen LogP contribution is 2.13. The van der Waals surface area contributed by atoms with Gasteiger partial charge in [-0.1, -0.05) is 30.7 Å². The Morgan fingerprint density at radius 2 is 1.93 bits per heavy atom. The molecule has 0 spiro atoms. The van der Waals surface area contributed by atoms with Gasteiger partial charge in [-0.2, -0.15) is 0 Å². The summed E-state index contributed by atoms with van der Waals surface area (Å²) in [6.45, 7) is 2.80. The summed E-state index contributed by atoms with van der Waals surface area (Å²) in [5.74, 6) is 0.366. The summed E-state index contributed by atoms with van der Waals surface area (Å²) >= 11 is 5.81. The van der Waals surface area contributed by atoms with E-state index in [1.54, 1.807) is 7.11 Å². The third kappa shape index (κ3) is 4.20. The monoisotopic (exact) mass is 227 g/mol. The summed E-state index contributed by atoms with van der Waals surface area (Å²) in [4.78, 5) is 0. The van der Waals surface area contributed by atoms with Crippen LogP contribution in [0.15, 0.2) is 24.3 Å². The van der Waals surface area contributed by atoms with Crippen molar-refractivity contribution in [1.29, 1.82) is 0 Å². The third-order valence-electron chi connectivity index (χ3n) is 2.55. The van der Waals surface area contributed by atoms with Crippen molar-refractivity contribution in [1.82, 2.24) is 0 Å². The number of benzene rings is 1. The fourth-order valence-corrected chi connectivity index (χ4v) is 1.61. The summed E-state index contributed by atoms with van der Waals surface area (Å²) in [6.07, 6.45) is 0.863. The standard InChI is InChI=1S/C12H18ClNO/c1-9(8-15-2)12(14)7-10-3-5-11(13)6-4-10/h3-6,9,12H,7-8,14H2,1-2H3. The molecule has 0 fully saturated rings. The van der Waals surface area contributed by atoms with Gasteiger partial charge in [-0.15, -0.1) is 0 Å². The molecular formula is C12H18ClNO. The summed E-state index contributed by atoms with van der Waals surface area (Å²) in [6, 6.07) is 7.95. The fraction of sp³-hybridized carbons (Fsp3) is 0.500. The number of rotatable bonds is 5. The van der Waals surface area contributed by atoms with Crippen molar-refractivity contribution >= 4 is 11.6 Å². The van der Waals surface area contributed by atoms with Gasteiger partial charge < -0.3 is 10.5 Å². The normalized spacial score (nSPS) is 14.9. The van der Waals surface area contributed by atoms with E-state index in [4.69, 9.17) is 22.1 Å². The molecule has 2 nitrogen and oxygen atoms in total. The van der Waals surface area contributed by atoms with Crippen LogP contribution >= 0.6 is 11.6 Å². The van der Waals surface area contributed by atoms with Crippen LogP contribution in [-0.2, 0) is 11.2 Å². The zero-order valence-corrected chi connectivity index (χ0v) is 10.00. The van der Waals surface area contributed by atoms with E-state index in [1.165, 1.54) is 5.56 Å². The van der Waals surface area contributed by atoms with E-state index in [0.717, 1.165) is 11.4 Å². The Balaban J connectivity index is 2.50. The second-order valence-electron chi connectivity index (χ2n) is 3.93. The lowest BCUT2D eigenvalue weighted by atomic mass is 9.96. The van der Waals surface area contributed by atoms with Gasteiger partial charge in [-0.3, -0.25) is 0 Å². The molecule has 2 atom stereocenters. The average molecular weight is 228 g/mol. The number of methoxy groups -OCH3 is 1. The molecule has 2 unspecified atom stereocenters. The molecule has 0 bridgehead atoms. The van der Waals surface area contributed by atoms with Crippen LogP contribution in [0.3, 0.4) is 0 Å². The molecule has 0 aliphatic carbocycles. The Morgan fingerprint density at radius 1 is 1.33 bits per heavy atom. The number of halogens is 1. The molecule has 15 heavy (non-hydrogen) atoms. The number of hydrogen-bond donors (Lipinski definition) is 1. The molecular weight excluding hydrogens is 210 g/mol. The first-order valence-electron chi connectivity index (χ1n) is 5.12. The van der Waals surface area contributed by atoms with Crippen molar-refractivity contribution in [2.75, 3.05) is 13.7 Å². The molecule has 3 heteroatoms. The molecule has 2 N–H and O–H groups in total. The Labute approximate surface area is 96.4 Å². The Bertz CT molecular complexity index is 286. The molecule has 0 amide bonds. The predicted octanol–water partition coefficient (Wildman–Crippen LogP) is 2.49. The second kappa shape index (κ2) is 6.11. The summed E-state index contributed by atoms with van der Waals surface area (Å²) < 4.78 is 5.08. The zero-order valence-electron chi connectivity index (χ0n) is 9.24. The highest BCUT2D eigenvalue weighted by molar-refractivity contribution is 6.30. The van der Waals surface area contributed by atoms with E-state index in [2.05, 4.69) is 6.92 Å². The van der Waals surface area contributed by atoms with Gasteiger partial charge in [0.05, 0.1) is 6.61 Å². The van der Waals surface area contributed by atoms with Crippen molar-refractivity contribution in [3.63, 3.8) is 0 Å². The summed E-state index contributed by atoms with van der Waals surface area (Å²) in [5, 5.41) is 0.761. The largest absolute Gasteiger partial charge is 0.384 e. The maximum Gasteiger partial charge on any atom is 0.0502 e. The van der Waals surface area contributed by atoms with Crippen molar-refractivity contribution < 1.29 is 4.74 Å². The van der Waals surface area contributed by atoms with Crippen LogP contribution in [0.25, 0.3) is 0 Å². The van der Waals surface area contributed by atoms with Gasteiger partial charge in [0.2, 0.25) is 0 Å². The van der Waals surface area contributed by atoms with Gasteiger partial charge in [-0.05, 0) is 30.0 Å². The molecule has 1 aromatic carbocycles. The van der Waals surface area contributed by atoms with Gasteiger partial charge in [0.1, 0.15) is 0 Å². The number of ether oxygens (including phenoxy) is 1. The Kier molecular flexibility index (Phi) is 5.09. The number of hydrogen-bond acceptors (Lipinski definition) is 2. The van der Waals surface area contributed by atoms with Gasteiger partial charge in [0, 0.05) is 18.2 Å². The van der Waals surface area contributed by atoms with Crippen molar-refractivity contribution in [2.24, 2.45) is 11.7 Å². The lowest BCUT2D eigenvalue weighted by molar-refractivity contribution is 0.147. The highest BCUT2D eigenvalue weighted by atomic mass is 35.5. The van der Waals surface area contributed by atoms with Crippen LogP contribution in [0, 0.1) is 5.92 Å². The van der Waals surface area contributed by atoms with Crippen LogP contribution in [0.4, 0.5) is 0 Å². The fourth-order valence-electron chi connectivity index (χ4n) is 1.48. The maximum atomic E-state index is 6.06. The SMILES string of the molecule is COCC(C)C(N)Cc1ccc(Cl)cc1. The van der Waals surface area contributed by atoms with Gasteiger partial charge >= 0.3 is 0 Å². The molecule has 0 radical (unpaired) electrons. The molecule has 0 heterocycles. The first-order valence-corrected chi connectivity index (χ1v) is 5.50. The predicted molar refractivity (Wildman–Crippen MR) is 64.2 cm³/mol. The zero-order chi connectivity index (χ0) is 11.3. The van der Waals surface area contributed by atoms with E-state index in [0.29, 0.717) is 12.5 Å². The molecule has 1 rings (SSSR count). The third-order valence-corrected chi connectivity index (χ3v) is 2.80. The minimum atomic E-state index is 0.131.